The van der Waals surface area contributed by atoms with Gasteiger partial charge in [-0.2, -0.15) is 0 Å². The third-order valence-electron chi connectivity index (χ3n) is 4.46. The maximum atomic E-state index is 11.5. The van der Waals surface area contributed by atoms with Crippen LogP contribution in [0.4, 0.5) is 0 Å². The summed E-state index contributed by atoms with van der Waals surface area (Å²) in [5.41, 5.74) is -0.587. The standard InChI is InChI=1S/C13H23NO3/c1-10(11-3-4-11)14(2)9-13(12(15)16)5-7-17-8-6-13/h10-11H,3-9H2,1-2H3,(H,15,16). The average Bonchev–Trinajstić information content (AvgIpc) is 3.13. The molecule has 2 rings (SSSR count). The van der Waals surface area contributed by atoms with Gasteiger partial charge >= 0.3 is 5.97 Å². The molecule has 1 aliphatic heterocycles. The molecule has 2 aliphatic rings. The number of aliphatic carboxylic acids is 1. The lowest BCUT2D eigenvalue weighted by Gasteiger charge is -2.38. The fourth-order valence-corrected chi connectivity index (χ4v) is 2.76. The molecule has 0 amide bonds. The van der Waals surface area contributed by atoms with E-state index in [0.717, 1.165) is 5.92 Å². The van der Waals surface area contributed by atoms with Crippen LogP contribution in [0.3, 0.4) is 0 Å². The van der Waals surface area contributed by atoms with Gasteiger partial charge in [-0.25, -0.2) is 0 Å². The molecule has 1 saturated heterocycles. The van der Waals surface area contributed by atoms with Crippen molar-refractivity contribution in [1.29, 1.82) is 0 Å². The van der Waals surface area contributed by atoms with Crippen molar-refractivity contribution in [3.05, 3.63) is 0 Å². The van der Waals surface area contributed by atoms with Crippen LogP contribution in [0, 0.1) is 11.3 Å². The number of carboxylic acid groups (broad SMARTS) is 1. The van der Waals surface area contributed by atoms with Gasteiger partial charge in [0.2, 0.25) is 0 Å². The second-order valence-corrected chi connectivity index (χ2v) is 5.69. The predicted octanol–water partition coefficient (Wildman–Crippen LogP) is 1.60. The molecule has 0 aromatic heterocycles. The molecule has 1 atom stereocenters. The molecule has 1 unspecified atom stereocenters. The second-order valence-electron chi connectivity index (χ2n) is 5.69. The number of nitrogens with zero attached hydrogens (tertiary/aromatic N) is 1. The molecule has 1 heterocycles. The summed E-state index contributed by atoms with van der Waals surface area (Å²) in [5.74, 6) is 0.126. The molecule has 17 heavy (non-hydrogen) atoms. The molecule has 0 aromatic carbocycles. The maximum absolute atomic E-state index is 11.5. The Morgan fingerprint density at radius 3 is 2.53 bits per heavy atom. The molecule has 0 radical (unpaired) electrons. The number of ether oxygens (including phenoxy) is 1. The highest BCUT2D eigenvalue weighted by atomic mass is 16.5. The zero-order chi connectivity index (χ0) is 12.5. The molecule has 2 fully saturated rings. The van der Waals surface area contributed by atoms with Crippen LogP contribution in [0.15, 0.2) is 0 Å². The van der Waals surface area contributed by atoms with Crippen LogP contribution in [-0.4, -0.2) is 48.8 Å². The van der Waals surface area contributed by atoms with Crippen LogP contribution < -0.4 is 0 Å². The summed E-state index contributed by atoms with van der Waals surface area (Å²) >= 11 is 0. The number of carboxylic acids is 1. The van der Waals surface area contributed by atoms with Crippen molar-refractivity contribution in [3.8, 4) is 0 Å². The molecule has 4 nitrogen and oxygen atoms in total. The maximum Gasteiger partial charge on any atom is 0.311 e. The van der Waals surface area contributed by atoms with Gasteiger partial charge < -0.3 is 14.7 Å². The third-order valence-corrected chi connectivity index (χ3v) is 4.46. The van der Waals surface area contributed by atoms with Gasteiger partial charge in [-0.3, -0.25) is 4.79 Å². The normalized spacial score (nSPS) is 25.8. The highest BCUT2D eigenvalue weighted by Gasteiger charge is 2.43. The predicted molar refractivity (Wildman–Crippen MR) is 64.9 cm³/mol. The van der Waals surface area contributed by atoms with E-state index in [1.807, 2.05) is 0 Å². The topological polar surface area (TPSA) is 49.8 Å². The van der Waals surface area contributed by atoms with E-state index in [1.165, 1.54) is 12.8 Å². The quantitative estimate of drug-likeness (QED) is 0.794. The monoisotopic (exact) mass is 241 g/mol. The van der Waals surface area contributed by atoms with Gasteiger partial charge in [0.1, 0.15) is 0 Å². The van der Waals surface area contributed by atoms with E-state index >= 15 is 0 Å². The van der Waals surface area contributed by atoms with Crippen LogP contribution >= 0.6 is 0 Å². The molecule has 0 aromatic rings. The summed E-state index contributed by atoms with van der Waals surface area (Å²) in [7, 11) is 2.06. The van der Waals surface area contributed by atoms with Crippen LogP contribution in [-0.2, 0) is 9.53 Å². The van der Waals surface area contributed by atoms with Crippen molar-refractivity contribution in [2.75, 3.05) is 26.8 Å². The Morgan fingerprint density at radius 1 is 1.47 bits per heavy atom. The van der Waals surface area contributed by atoms with Crippen molar-refractivity contribution in [2.45, 2.75) is 38.6 Å². The first-order chi connectivity index (χ1) is 8.05. The Morgan fingerprint density at radius 2 is 2.06 bits per heavy atom. The molecular formula is C13H23NO3. The molecule has 1 N–H and O–H groups in total. The average molecular weight is 241 g/mol. The van der Waals surface area contributed by atoms with Gasteiger partial charge in [-0.05, 0) is 45.6 Å². The van der Waals surface area contributed by atoms with E-state index in [2.05, 4.69) is 18.9 Å². The second kappa shape index (κ2) is 4.94. The highest BCUT2D eigenvalue weighted by molar-refractivity contribution is 5.75. The SMILES string of the molecule is CC(C1CC1)N(C)CC1(C(=O)O)CCOCC1. The van der Waals surface area contributed by atoms with Gasteiger partial charge in [0, 0.05) is 25.8 Å². The van der Waals surface area contributed by atoms with E-state index in [0.29, 0.717) is 38.6 Å². The summed E-state index contributed by atoms with van der Waals surface area (Å²) in [6.07, 6.45) is 3.89. The zero-order valence-electron chi connectivity index (χ0n) is 10.8. The first-order valence-electron chi connectivity index (χ1n) is 6.56. The zero-order valence-corrected chi connectivity index (χ0v) is 10.8. The van der Waals surface area contributed by atoms with Gasteiger partial charge in [-0.15, -0.1) is 0 Å². The van der Waals surface area contributed by atoms with Crippen molar-refractivity contribution in [2.24, 2.45) is 11.3 Å². The largest absolute Gasteiger partial charge is 0.481 e. The minimum absolute atomic E-state index is 0.508. The minimum Gasteiger partial charge on any atom is -0.481 e. The van der Waals surface area contributed by atoms with Crippen molar-refractivity contribution >= 4 is 5.97 Å². The van der Waals surface area contributed by atoms with Crippen LogP contribution in [0.25, 0.3) is 0 Å². The minimum atomic E-state index is -0.657. The van der Waals surface area contributed by atoms with Crippen molar-refractivity contribution in [3.63, 3.8) is 0 Å². The Labute approximate surface area is 103 Å². The smallest absolute Gasteiger partial charge is 0.311 e. The Balaban J connectivity index is 1.98. The lowest BCUT2D eigenvalue weighted by atomic mass is 9.79. The Bertz CT molecular complexity index is 282. The van der Waals surface area contributed by atoms with E-state index in [-0.39, 0.29) is 0 Å². The molecule has 1 saturated carbocycles. The lowest BCUT2D eigenvalue weighted by Crippen LogP contribution is -2.48. The van der Waals surface area contributed by atoms with Gasteiger partial charge in [-0.1, -0.05) is 0 Å². The fourth-order valence-electron chi connectivity index (χ4n) is 2.76. The van der Waals surface area contributed by atoms with Crippen LogP contribution in [0.2, 0.25) is 0 Å². The first kappa shape index (κ1) is 12.8. The van der Waals surface area contributed by atoms with Gasteiger partial charge in [0.15, 0.2) is 0 Å². The highest BCUT2D eigenvalue weighted by Crippen LogP contribution is 2.37. The summed E-state index contributed by atoms with van der Waals surface area (Å²) in [5, 5.41) is 9.49. The Kier molecular flexibility index (Phi) is 3.73. The van der Waals surface area contributed by atoms with Crippen LogP contribution in [0.5, 0.6) is 0 Å². The van der Waals surface area contributed by atoms with Gasteiger partial charge in [0.25, 0.3) is 0 Å². The van der Waals surface area contributed by atoms with E-state index < -0.39 is 11.4 Å². The number of rotatable bonds is 5. The number of carbonyl (C=O) groups is 1. The summed E-state index contributed by atoms with van der Waals surface area (Å²) < 4.78 is 5.29. The number of hydrogen-bond donors (Lipinski definition) is 1. The molecule has 0 spiro atoms. The lowest BCUT2D eigenvalue weighted by molar-refractivity contribution is -0.156. The van der Waals surface area contributed by atoms with Gasteiger partial charge in [0.05, 0.1) is 5.41 Å². The van der Waals surface area contributed by atoms with E-state index in [4.69, 9.17) is 4.74 Å². The fraction of sp³-hybridized carbons (Fsp3) is 0.923. The first-order valence-corrected chi connectivity index (χ1v) is 6.56. The third kappa shape index (κ3) is 2.80. The molecule has 98 valence electrons. The molecule has 0 bridgehead atoms. The number of hydrogen-bond acceptors (Lipinski definition) is 3. The Hall–Kier alpha value is -0.610. The van der Waals surface area contributed by atoms with E-state index in [9.17, 15) is 9.90 Å². The molecule has 4 heteroatoms. The van der Waals surface area contributed by atoms with Crippen molar-refractivity contribution in [1.82, 2.24) is 4.90 Å². The van der Waals surface area contributed by atoms with Crippen LogP contribution in [0.1, 0.15) is 32.6 Å². The van der Waals surface area contributed by atoms with Crippen molar-refractivity contribution < 1.29 is 14.6 Å². The van der Waals surface area contributed by atoms with E-state index in [1.54, 1.807) is 0 Å². The summed E-state index contributed by atoms with van der Waals surface area (Å²) in [4.78, 5) is 13.8. The molecule has 1 aliphatic carbocycles. The summed E-state index contributed by atoms with van der Waals surface area (Å²) in [6.45, 7) is 4.03. The summed E-state index contributed by atoms with van der Waals surface area (Å²) in [6, 6.07) is 0.508. The molecular weight excluding hydrogens is 218 g/mol.